The molecule has 2 aromatic heterocycles. The van der Waals surface area contributed by atoms with Crippen LogP contribution in [0.25, 0.3) is 11.0 Å². The maximum absolute atomic E-state index is 13.1. The van der Waals surface area contributed by atoms with Crippen molar-refractivity contribution in [1.29, 1.82) is 0 Å². The van der Waals surface area contributed by atoms with Gasteiger partial charge < -0.3 is 15.0 Å². The van der Waals surface area contributed by atoms with Gasteiger partial charge in [-0.15, -0.1) is 12.4 Å². The Balaban J connectivity index is 0.00000300. The maximum Gasteiger partial charge on any atom is 0.257 e. The monoisotopic (exact) mass is 434 g/mol. The smallest absolute Gasteiger partial charge is 0.257 e. The molecule has 0 saturated heterocycles. The molecule has 0 unspecified atom stereocenters. The Kier molecular flexibility index (Phi) is 7.65. The summed E-state index contributed by atoms with van der Waals surface area (Å²) in [6.07, 6.45) is 1.59. The van der Waals surface area contributed by atoms with Crippen LogP contribution in [0.3, 0.4) is 0 Å². The highest BCUT2D eigenvalue weighted by Crippen LogP contribution is 2.33. The summed E-state index contributed by atoms with van der Waals surface area (Å²) in [6.45, 7) is 7.06. The van der Waals surface area contributed by atoms with E-state index in [-0.39, 0.29) is 18.3 Å². The van der Waals surface area contributed by atoms with Gasteiger partial charge in [-0.25, -0.2) is 9.97 Å². The van der Waals surface area contributed by atoms with Crippen LogP contribution in [0.5, 0.6) is 5.75 Å². The van der Waals surface area contributed by atoms with Crippen LogP contribution in [0.1, 0.15) is 29.9 Å². The number of rotatable bonds is 6. The van der Waals surface area contributed by atoms with Gasteiger partial charge in [-0.05, 0) is 51.1 Å². The first-order valence-electron chi connectivity index (χ1n) is 9.14. The van der Waals surface area contributed by atoms with Crippen molar-refractivity contribution in [2.75, 3.05) is 25.5 Å². The van der Waals surface area contributed by atoms with E-state index in [1.165, 1.54) is 0 Å². The summed E-state index contributed by atoms with van der Waals surface area (Å²) in [5.74, 6) is 0.505. The predicted molar refractivity (Wildman–Crippen MR) is 120 cm³/mol. The molecule has 0 radical (unpaired) electrons. The van der Waals surface area contributed by atoms with Crippen LogP contribution in [0, 0.1) is 6.92 Å². The van der Waals surface area contributed by atoms with Crippen LogP contribution in [-0.4, -0.2) is 41.0 Å². The number of carbonyl (C=O) groups excluding carboxylic acids is 1. The van der Waals surface area contributed by atoms with Crippen molar-refractivity contribution in [2.45, 2.75) is 20.8 Å². The number of aryl methyl sites for hydroxylation is 1. The Labute approximate surface area is 181 Å². The molecule has 3 rings (SSSR count). The molecule has 1 amide bonds. The number of amides is 1. The Hall–Kier alpha value is -2.57. The lowest BCUT2D eigenvalue weighted by Crippen LogP contribution is -2.31. The number of hydrogen-bond donors (Lipinski definition) is 1. The second kappa shape index (κ2) is 9.76. The molecule has 0 aliphatic heterocycles. The van der Waals surface area contributed by atoms with Gasteiger partial charge in [0.1, 0.15) is 5.75 Å². The molecular formula is C21H24Cl2N4O2. The average molecular weight is 435 g/mol. The van der Waals surface area contributed by atoms with Gasteiger partial charge in [0.15, 0.2) is 5.65 Å². The highest BCUT2D eigenvalue weighted by atomic mass is 35.5. The molecule has 1 N–H and O–H groups in total. The van der Waals surface area contributed by atoms with E-state index in [4.69, 9.17) is 16.3 Å². The van der Waals surface area contributed by atoms with E-state index < -0.39 is 0 Å². The van der Waals surface area contributed by atoms with Crippen LogP contribution in [0.2, 0.25) is 5.02 Å². The fourth-order valence-electron chi connectivity index (χ4n) is 3.04. The number of nitrogens with zero attached hydrogens (tertiary/aromatic N) is 3. The number of carbonyl (C=O) groups is 1. The van der Waals surface area contributed by atoms with Gasteiger partial charge in [0.25, 0.3) is 5.91 Å². The maximum atomic E-state index is 13.1. The fraction of sp³-hybridized carbons (Fsp3) is 0.286. The molecule has 6 nitrogen and oxygen atoms in total. The van der Waals surface area contributed by atoms with Crippen LogP contribution in [-0.2, 0) is 0 Å². The highest BCUT2D eigenvalue weighted by molar-refractivity contribution is 6.32. The summed E-state index contributed by atoms with van der Waals surface area (Å²) in [5, 5.41) is 4.60. The molecule has 0 fully saturated rings. The molecule has 8 heteroatoms. The topological polar surface area (TPSA) is 67.4 Å². The third kappa shape index (κ3) is 4.71. The standard InChI is InChI=1S/C21H23ClN4O2.ClH/c1-5-26(6-2)21(27)16-12-23-20-15(9-7-13(3)24-20)19(16)25-14-8-10-18(28-4)17(22)11-14;/h7-12H,5-6H2,1-4H3,(H,23,24,25);1H. The van der Waals surface area contributed by atoms with Crippen LogP contribution in [0.15, 0.2) is 36.5 Å². The summed E-state index contributed by atoms with van der Waals surface area (Å²) in [7, 11) is 1.57. The quantitative estimate of drug-likeness (QED) is 0.573. The van der Waals surface area contributed by atoms with Gasteiger partial charge in [0.2, 0.25) is 0 Å². The molecule has 29 heavy (non-hydrogen) atoms. The highest BCUT2D eigenvalue weighted by Gasteiger charge is 2.20. The molecule has 1 aromatic carbocycles. The Bertz CT molecular complexity index is 1020. The predicted octanol–water partition coefficient (Wildman–Crippen LogP) is 5.25. The van der Waals surface area contributed by atoms with Crippen molar-refractivity contribution in [1.82, 2.24) is 14.9 Å². The summed E-state index contributed by atoms with van der Waals surface area (Å²) in [4.78, 5) is 23.7. The van der Waals surface area contributed by atoms with Crippen LogP contribution in [0.4, 0.5) is 11.4 Å². The number of fused-ring (bicyclic) bond motifs is 1. The Morgan fingerprint density at radius 3 is 2.55 bits per heavy atom. The van der Waals surface area contributed by atoms with Gasteiger partial charge in [-0.1, -0.05) is 11.6 Å². The third-order valence-corrected chi connectivity index (χ3v) is 4.87. The van der Waals surface area contributed by atoms with E-state index in [1.54, 1.807) is 30.3 Å². The van der Waals surface area contributed by atoms with Gasteiger partial charge >= 0.3 is 0 Å². The molecule has 0 spiro atoms. The molecular weight excluding hydrogens is 411 g/mol. The molecule has 0 bridgehead atoms. The van der Waals surface area contributed by atoms with E-state index in [0.717, 1.165) is 16.8 Å². The minimum atomic E-state index is -0.0814. The van der Waals surface area contributed by atoms with Crippen molar-refractivity contribution in [3.8, 4) is 5.75 Å². The molecule has 0 aliphatic carbocycles. The zero-order valence-corrected chi connectivity index (χ0v) is 18.4. The van der Waals surface area contributed by atoms with Gasteiger partial charge in [0, 0.05) is 36.1 Å². The number of hydrogen-bond acceptors (Lipinski definition) is 5. The van der Waals surface area contributed by atoms with Crippen LogP contribution >= 0.6 is 24.0 Å². The summed E-state index contributed by atoms with van der Waals surface area (Å²) in [6, 6.07) is 9.23. The van der Waals surface area contributed by atoms with E-state index in [2.05, 4.69) is 15.3 Å². The van der Waals surface area contributed by atoms with Crippen molar-refractivity contribution in [3.63, 3.8) is 0 Å². The number of ether oxygens (including phenoxy) is 1. The molecule has 0 saturated carbocycles. The van der Waals surface area contributed by atoms with E-state index >= 15 is 0 Å². The minimum Gasteiger partial charge on any atom is -0.495 e. The van der Waals surface area contributed by atoms with Crippen molar-refractivity contribution in [2.24, 2.45) is 0 Å². The van der Waals surface area contributed by atoms with Crippen molar-refractivity contribution >= 4 is 52.3 Å². The average Bonchev–Trinajstić information content (AvgIpc) is 2.69. The fourth-order valence-corrected chi connectivity index (χ4v) is 3.30. The summed E-state index contributed by atoms with van der Waals surface area (Å²) < 4.78 is 5.22. The number of halogens is 2. The molecule has 0 atom stereocenters. The van der Waals surface area contributed by atoms with Crippen molar-refractivity contribution < 1.29 is 9.53 Å². The number of aromatic nitrogens is 2. The number of methoxy groups -OCH3 is 1. The summed E-state index contributed by atoms with van der Waals surface area (Å²) in [5.41, 5.74) is 3.34. The zero-order valence-electron chi connectivity index (χ0n) is 16.8. The molecule has 3 aromatic rings. The first-order valence-corrected chi connectivity index (χ1v) is 9.52. The Morgan fingerprint density at radius 1 is 1.21 bits per heavy atom. The first kappa shape index (κ1) is 22.7. The van der Waals surface area contributed by atoms with Crippen LogP contribution < -0.4 is 10.1 Å². The summed E-state index contributed by atoms with van der Waals surface area (Å²) >= 11 is 6.27. The zero-order chi connectivity index (χ0) is 20.3. The SMILES string of the molecule is CCN(CC)C(=O)c1cnc2nc(C)ccc2c1Nc1ccc(OC)c(Cl)c1.Cl. The van der Waals surface area contributed by atoms with E-state index in [9.17, 15) is 4.79 Å². The lowest BCUT2D eigenvalue weighted by molar-refractivity contribution is 0.0774. The van der Waals surface area contributed by atoms with Crippen molar-refractivity contribution in [3.05, 3.63) is 52.8 Å². The number of anilines is 2. The molecule has 0 aliphatic rings. The number of nitrogens with one attached hydrogen (secondary N) is 1. The first-order chi connectivity index (χ1) is 13.5. The lowest BCUT2D eigenvalue weighted by Gasteiger charge is -2.21. The largest absolute Gasteiger partial charge is 0.495 e. The van der Waals surface area contributed by atoms with Gasteiger partial charge in [-0.2, -0.15) is 0 Å². The van der Waals surface area contributed by atoms with E-state index in [1.807, 2.05) is 39.0 Å². The van der Waals surface area contributed by atoms with E-state index in [0.29, 0.717) is 40.8 Å². The Morgan fingerprint density at radius 2 is 1.93 bits per heavy atom. The molecule has 2 heterocycles. The number of benzene rings is 1. The van der Waals surface area contributed by atoms with Gasteiger partial charge in [-0.3, -0.25) is 4.79 Å². The number of pyridine rings is 2. The minimum absolute atomic E-state index is 0. The third-order valence-electron chi connectivity index (χ3n) is 4.57. The second-order valence-corrected chi connectivity index (χ2v) is 6.73. The second-order valence-electron chi connectivity index (χ2n) is 6.32. The normalized spacial score (nSPS) is 10.4. The molecule has 154 valence electrons. The lowest BCUT2D eigenvalue weighted by atomic mass is 10.1. The van der Waals surface area contributed by atoms with Gasteiger partial charge in [0.05, 0.1) is 23.4 Å².